The Labute approximate surface area is 75.5 Å². The van der Waals surface area contributed by atoms with Crippen LogP contribution in [0.5, 0.6) is 0 Å². The third-order valence-corrected chi connectivity index (χ3v) is 3.05. The molecule has 1 heteroatoms. The van der Waals surface area contributed by atoms with Gasteiger partial charge >= 0.3 is 0 Å². The van der Waals surface area contributed by atoms with E-state index in [1.165, 1.54) is 19.3 Å². The molecular formula is C11H20O. The highest BCUT2D eigenvalue weighted by Crippen LogP contribution is 2.30. The summed E-state index contributed by atoms with van der Waals surface area (Å²) in [4.78, 5) is 11.4. The van der Waals surface area contributed by atoms with Crippen LogP contribution in [0.25, 0.3) is 0 Å². The molecule has 2 unspecified atom stereocenters. The Balaban J connectivity index is 2.30. The van der Waals surface area contributed by atoms with E-state index in [0.29, 0.717) is 17.6 Å². The molecule has 2 atom stereocenters. The van der Waals surface area contributed by atoms with Gasteiger partial charge in [-0.2, -0.15) is 0 Å². The maximum Gasteiger partial charge on any atom is 0.136 e. The van der Waals surface area contributed by atoms with Crippen LogP contribution in [0.1, 0.15) is 52.4 Å². The quantitative estimate of drug-likeness (QED) is 0.630. The Kier molecular flexibility index (Phi) is 3.77. The number of carbonyl (C=O) groups is 1. The van der Waals surface area contributed by atoms with Gasteiger partial charge in [0.05, 0.1) is 0 Å². The standard InChI is InChI=1S/C11H20O/c1-3-4-6-9(2)10-7-5-8-11(10)12/h9-10H,3-8H2,1-2H3. The molecular weight excluding hydrogens is 148 g/mol. The number of rotatable bonds is 4. The molecule has 1 nitrogen and oxygen atoms in total. The predicted octanol–water partition coefficient (Wildman–Crippen LogP) is 3.18. The summed E-state index contributed by atoms with van der Waals surface area (Å²) in [6, 6.07) is 0. The summed E-state index contributed by atoms with van der Waals surface area (Å²) < 4.78 is 0. The van der Waals surface area contributed by atoms with Crippen LogP contribution in [0, 0.1) is 11.8 Å². The molecule has 0 aromatic rings. The molecule has 1 fully saturated rings. The molecule has 1 rings (SSSR count). The van der Waals surface area contributed by atoms with Gasteiger partial charge in [-0.05, 0) is 18.8 Å². The van der Waals surface area contributed by atoms with Gasteiger partial charge in [0.25, 0.3) is 0 Å². The van der Waals surface area contributed by atoms with Gasteiger partial charge in [-0.3, -0.25) is 4.79 Å². The second-order valence-electron chi connectivity index (χ2n) is 4.08. The second kappa shape index (κ2) is 4.64. The van der Waals surface area contributed by atoms with E-state index in [0.717, 1.165) is 19.3 Å². The van der Waals surface area contributed by atoms with Crippen LogP contribution in [-0.4, -0.2) is 5.78 Å². The van der Waals surface area contributed by atoms with Crippen LogP contribution in [0.15, 0.2) is 0 Å². The molecule has 0 heterocycles. The fraction of sp³-hybridized carbons (Fsp3) is 0.909. The van der Waals surface area contributed by atoms with Crippen LogP contribution in [0.2, 0.25) is 0 Å². The van der Waals surface area contributed by atoms with E-state index >= 15 is 0 Å². The first kappa shape index (κ1) is 9.76. The molecule has 0 saturated heterocycles. The van der Waals surface area contributed by atoms with Gasteiger partial charge in [0.2, 0.25) is 0 Å². The van der Waals surface area contributed by atoms with Crippen molar-refractivity contribution in [3.8, 4) is 0 Å². The lowest BCUT2D eigenvalue weighted by Gasteiger charge is -2.16. The summed E-state index contributed by atoms with van der Waals surface area (Å²) in [6.07, 6.45) is 6.92. The van der Waals surface area contributed by atoms with Crippen molar-refractivity contribution in [3.63, 3.8) is 0 Å². The minimum Gasteiger partial charge on any atom is -0.299 e. The molecule has 0 aliphatic heterocycles. The fourth-order valence-electron chi connectivity index (χ4n) is 2.17. The van der Waals surface area contributed by atoms with E-state index in [1.807, 2.05) is 0 Å². The van der Waals surface area contributed by atoms with Crippen LogP contribution in [-0.2, 0) is 4.79 Å². The molecule has 1 aliphatic rings. The van der Waals surface area contributed by atoms with Gasteiger partial charge in [-0.1, -0.05) is 33.1 Å². The van der Waals surface area contributed by atoms with Crippen molar-refractivity contribution in [1.29, 1.82) is 0 Å². The molecule has 12 heavy (non-hydrogen) atoms. The lowest BCUT2D eigenvalue weighted by molar-refractivity contribution is -0.121. The first-order chi connectivity index (χ1) is 5.75. The first-order valence-corrected chi connectivity index (χ1v) is 5.28. The minimum atomic E-state index is 0.413. The predicted molar refractivity (Wildman–Crippen MR) is 51.0 cm³/mol. The van der Waals surface area contributed by atoms with Gasteiger partial charge in [0.1, 0.15) is 5.78 Å². The molecule has 0 bridgehead atoms. The smallest absolute Gasteiger partial charge is 0.136 e. The van der Waals surface area contributed by atoms with Crippen LogP contribution >= 0.6 is 0 Å². The van der Waals surface area contributed by atoms with E-state index in [2.05, 4.69) is 13.8 Å². The summed E-state index contributed by atoms with van der Waals surface area (Å²) in [6.45, 7) is 4.45. The Morgan fingerprint density at radius 3 is 2.83 bits per heavy atom. The number of hydrogen-bond donors (Lipinski definition) is 0. The van der Waals surface area contributed by atoms with E-state index in [-0.39, 0.29) is 0 Å². The number of carbonyl (C=O) groups excluding carboxylic acids is 1. The van der Waals surface area contributed by atoms with Gasteiger partial charge in [0, 0.05) is 12.3 Å². The Morgan fingerprint density at radius 2 is 2.33 bits per heavy atom. The third-order valence-electron chi connectivity index (χ3n) is 3.05. The summed E-state index contributed by atoms with van der Waals surface area (Å²) in [5, 5.41) is 0. The maximum absolute atomic E-state index is 11.4. The number of unbranched alkanes of at least 4 members (excludes halogenated alkanes) is 1. The average molecular weight is 168 g/mol. The molecule has 0 aromatic heterocycles. The van der Waals surface area contributed by atoms with Crippen LogP contribution in [0.3, 0.4) is 0 Å². The van der Waals surface area contributed by atoms with Crippen molar-refractivity contribution < 1.29 is 4.79 Å². The SMILES string of the molecule is CCCCC(C)C1CCCC1=O. The zero-order valence-corrected chi connectivity index (χ0v) is 8.31. The van der Waals surface area contributed by atoms with E-state index in [9.17, 15) is 4.79 Å². The Morgan fingerprint density at radius 1 is 1.58 bits per heavy atom. The molecule has 1 saturated carbocycles. The zero-order valence-electron chi connectivity index (χ0n) is 8.31. The third kappa shape index (κ3) is 2.33. The molecule has 0 radical (unpaired) electrons. The lowest BCUT2D eigenvalue weighted by atomic mass is 9.88. The fourth-order valence-corrected chi connectivity index (χ4v) is 2.17. The molecule has 70 valence electrons. The highest BCUT2D eigenvalue weighted by Gasteiger charge is 2.28. The zero-order chi connectivity index (χ0) is 8.97. The topological polar surface area (TPSA) is 17.1 Å². The number of hydrogen-bond acceptors (Lipinski definition) is 1. The molecule has 0 aromatic carbocycles. The largest absolute Gasteiger partial charge is 0.299 e. The summed E-state index contributed by atoms with van der Waals surface area (Å²) >= 11 is 0. The normalized spacial score (nSPS) is 26.2. The van der Waals surface area contributed by atoms with Crippen molar-refractivity contribution >= 4 is 5.78 Å². The summed E-state index contributed by atoms with van der Waals surface area (Å²) in [7, 11) is 0. The highest BCUT2D eigenvalue weighted by molar-refractivity contribution is 5.83. The van der Waals surface area contributed by atoms with E-state index in [1.54, 1.807) is 0 Å². The van der Waals surface area contributed by atoms with Crippen molar-refractivity contribution in [3.05, 3.63) is 0 Å². The molecule has 1 aliphatic carbocycles. The van der Waals surface area contributed by atoms with Gasteiger partial charge in [-0.15, -0.1) is 0 Å². The molecule has 0 amide bonds. The first-order valence-electron chi connectivity index (χ1n) is 5.28. The molecule has 0 spiro atoms. The second-order valence-corrected chi connectivity index (χ2v) is 4.08. The van der Waals surface area contributed by atoms with Crippen LogP contribution < -0.4 is 0 Å². The lowest BCUT2D eigenvalue weighted by Crippen LogP contribution is -2.15. The van der Waals surface area contributed by atoms with Crippen molar-refractivity contribution in [2.45, 2.75) is 52.4 Å². The number of Topliss-reactive ketones (excluding diaryl/α,β-unsaturated/α-hetero) is 1. The van der Waals surface area contributed by atoms with Gasteiger partial charge in [0.15, 0.2) is 0 Å². The molecule has 0 N–H and O–H groups in total. The van der Waals surface area contributed by atoms with Crippen molar-refractivity contribution in [1.82, 2.24) is 0 Å². The van der Waals surface area contributed by atoms with Gasteiger partial charge in [-0.25, -0.2) is 0 Å². The minimum absolute atomic E-state index is 0.413. The Hall–Kier alpha value is -0.330. The van der Waals surface area contributed by atoms with Crippen molar-refractivity contribution in [2.24, 2.45) is 11.8 Å². The van der Waals surface area contributed by atoms with Gasteiger partial charge < -0.3 is 0 Å². The average Bonchev–Trinajstić information content (AvgIpc) is 2.47. The monoisotopic (exact) mass is 168 g/mol. The van der Waals surface area contributed by atoms with Crippen molar-refractivity contribution in [2.75, 3.05) is 0 Å². The Bertz CT molecular complexity index is 151. The van der Waals surface area contributed by atoms with E-state index < -0.39 is 0 Å². The van der Waals surface area contributed by atoms with E-state index in [4.69, 9.17) is 0 Å². The number of ketones is 1. The summed E-state index contributed by atoms with van der Waals surface area (Å²) in [5.74, 6) is 1.58. The highest BCUT2D eigenvalue weighted by atomic mass is 16.1. The summed E-state index contributed by atoms with van der Waals surface area (Å²) in [5.41, 5.74) is 0. The van der Waals surface area contributed by atoms with Crippen LogP contribution in [0.4, 0.5) is 0 Å². The maximum atomic E-state index is 11.4.